The summed E-state index contributed by atoms with van der Waals surface area (Å²) < 4.78 is 12.6. The van der Waals surface area contributed by atoms with E-state index >= 15 is 0 Å². The summed E-state index contributed by atoms with van der Waals surface area (Å²) in [7, 11) is 1.51. The van der Waals surface area contributed by atoms with E-state index < -0.39 is 11.9 Å². The van der Waals surface area contributed by atoms with Crippen molar-refractivity contribution >= 4 is 17.6 Å². The first-order valence-electron chi connectivity index (χ1n) is 9.31. The number of amides is 1. The average Bonchev–Trinajstić information content (AvgIpc) is 3.11. The molecule has 1 aromatic heterocycles. The van der Waals surface area contributed by atoms with Gasteiger partial charge in [0, 0.05) is 17.7 Å². The zero-order chi connectivity index (χ0) is 20.8. The summed E-state index contributed by atoms with van der Waals surface area (Å²) >= 11 is 0. The highest BCUT2D eigenvalue weighted by atomic mass is 16.5. The second kappa shape index (κ2) is 6.91. The number of Topliss-reactive ketones (excluding diaryl/α,β-unsaturated/α-hetero) is 1. The summed E-state index contributed by atoms with van der Waals surface area (Å²) in [6.45, 7) is 3.91. The number of hydrogen-bond donors (Lipinski definition) is 2. The molecule has 9 nitrogen and oxygen atoms in total. The smallest absolute Gasteiger partial charge is 0.255 e. The second-order valence-electron chi connectivity index (χ2n) is 8.05. The van der Waals surface area contributed by atoms with E-state index in [1.807, 2.05) is 6.07 Å². The Bertz CT molecular complexity index is 1020. The lowest BCUT2D eigenvalue weighted by molar-refractivity contribution is -0.120. The SMILES string of the molecule is COc1cc(C2C3=C(CC(C)(C)CC3=O)Nc3ncnn32)ccc1OCC(N)=O. The lowest BCUT2D eigenvalue weighted by Crippen LogP contribution is -2.36. The Morgan fingerprint density at radius 1 is 1.34 bits per heavy atom. The number of anilines is 1. The molecule has 152 valence electrons. The molecule has 1 amide bonds. The third-order valence-electron chi connectivity index (χ3n) is 5.15. The van der Waals surface area contributed by atoms with Gasteiger partial charge >= 0.3 is 0 Å². The molecule has 1 aliphatic carbocycles. The van der Waals surface area contributed by atoms with Gasteiger partial charge in [-0.05, 0) is 29.5 Å². The van der Waals surface area contributed by atoms with E-state index in [0.717, 1.165) is 17.7 Å². The van der Waals surface area contributed by atoms with E-state index in [1.165, 1.54) is 13.4 Å². The standard InChI is InChI=1S/C20H23N5O4/c1-20(2)7-12-17(13(26)8-20)18(25-19(24-12)22-10-23-25)11-4-5-14(15(6-11)28-3)29-9-16(21)27/h4-6,10,18H,7-9H2,1-3H3,(H2,21,27)(H,22,23,24). The van der Waals surface area contributed by atoms with Crippen LogP contribution < -0.4 is 20.5 Å². The highest BCUT2D eigenvalue weighted by Gasteiger charge is 2.41. The van der Waals surface area contributed by atoms with Gasteiger partial charge in [-0.3, -0.25) is 9.59 Å². The molecule has 3 N–H and O–H groups in total. The van der Waals surface area contributed by atoms with Gasteiger partial charge < -0.3 is 20.5 Å². The third-order valence-corrected chi connectivity index (χ3v) is 5.15. The molecule has 1 aliphatic heterocycles. The average molecular weight is 397 g/mol. The van der Waals surface area contributed by atoms with Crippen LogP contribution in [0.15, 0.2) is 35.8 Å². The summed E-state index contributed by atoms with van der Waals surface area (Å²) in [5.41, 5.74) is 7.41. The van der Waals surface area contributed by atoms with Gasteiger partial charge in [0.1, 0.15) is 12.4 Å². The van der Waals surface area contributed by atoms with Crippen LogP contribution in [-0.4, -0.2) is 40.2 Å². The number of aromatic nitrogens is 3. The van der Waals surface area contributed by atoms with Gasteiger partial charge in [0.15, 0.2) is 23.9 Å². The molecule has 0 saturated heterocycles. The molecule has 0 spiro atoms. The van der Waals surface area contributed by atoms with E-state index in [-0.39, 0.29) is 17.8 Å². The predicted molar refractivity (Wildman–Crippen MR) is 105 cm³/mol. The summed E-state index contributed by atoms with van der Waals surface area (Å²) in [6.07, 6.45) is 2.67. The Morgan fingerprint density at radius 3 is 2.86 bits per heavy atom. The first-order valence-corrected chi connectivity index (χ1v) is 9.31. The van der Waals surface area contributed by atoms with Crippen molar-refractivity contribution in [3.8, 4) is 11.5 Å². The van der Waals surface area contributed by atoms with Gasteiger partial charge in [0.25, 0.3) is 5.91 Å². The number of methoxy groups -OCH3 is 1. The second-order valence-corrected chi connectivity index (χ2v) is 8.05. The lowest BCUT2D eigenvalue weighted by Gasteiger charge is -2.38. The Hall–Kier alpha value is -3.36. The summed E-state index contributed by atoms with van der Waals surface area (Å²) in [5, 5.41) is 7.62. The van der Waals surface area contributed by atoms with Crippen molar-refractivity contribution in [3.05, 3.63) is 41.4 Å². The number of ketones is 1. The van der Waals surface area contributed by atoms with Gasteiger partial charge in [-0.1, -0.05) is 19.9 Å². The molecule has 4 rings (SSSR count). The number of carbonyl (C=O) groups is 2. The zero-order valence-electron chi connectivity index (χ0n) is 16.6. The van der Waals surface area contributed by atoms with Gasteiger partial charge in [0.05, 0.1) is 7.11 Å². The minimum atomic E-state index is -0.577. The quantitative estimate of drug-likeness (QED) is 0.789. The van der Waals surface area contributed by atoms with Crippen LogP contribution in [0.2, 0.25) is 0 Å². The van der Waals surface area contributed by atoms with E-state index in [0.29, 0.717) is 29.4 Å². The van der Waals surface area contributed by atoms with Crippen LogP contribution in [0.25, 0.3) is 0 Å². The fourth-order valence-corrected chi connectivity index (χ4v) is 3.98. The number of hydrogen-bond acceptors (Lipinski definition) is 7. The number of benzene rings is 1. The maximum absolute atomic E-state index is 13.1. The van der Waals surface area contributed by atoms with Crippen LogP contribution in [0, 0.1) is 5.41 Å². The van der Waals surface area contributed by atoms with E-state index in [1.54, 1.807) is 16.8 Å². The number of fused-ring (bicyclic) bond motifs is 1. The highest BCUT2D eigenvalue weighted by molar-refractivity contribution is 6.00. The van der Waals surface area contributed by atoms with Gasteiger partial charge in [0.2, 0.25) is 5.95 Å². The number of nitrogens with zero attached hydrogens (tertiary/aromatic N) is 3. The van der Waals surface area contributed by atoms with Crippen molar-refractivity contribution in [1.29, 1.82) is 0 Å². The van der Waals surface area contributed by atoms with Crippen LogP contribution in [0.5, 0.6) is 11.5 Å². The largest absolute Gasteiger partial charge is 0.493 e. The number of nitrogens with two attached hydrogens (primary N) is 1. The topological polar surface area (TPSA) is 121 Å². The minimum Gasteiger partial charge on any atom is -0.493 e. The molecule has 2 aromatic rings. The third kappa shape index (κ3) is 3.43. The number of allylic oxidation sites excluding steroid dienone is 2. The Kier molecular flexibility index (Phi) is 4.52. The zero-order valence-corrected chi connectivity index (χ0v) is 16.6. The Balaban J connectivity index is 1.79. The molecular formula is C20H23N5O4. The number of carbonyl (C=O) groups excluding carboxylic acids is 2. The van der Waals surface area contributed by atoms with Crippen molar-refractivity contribution in [1.82, 2.24) is 14.8 Å². The van der Waals surface area contributed by atoms with Crippen molar-refractivity contribution in [2.45, 2.75) is 32.7 Å². The van der Waals surface area contributed by atoms with Crippen LogP contribution >= 0.6 is 0 Å². The minimum absolute atomic E-state index is 0.0860. The summed E-state index contributed by atoms with van der Waals surface area (Å²) in [4.78, 5) is 28.4. The lowest BCUT2D eigenvalue weighted by atomic mass is 9.73. The maximum Gasteiger partial charge on any atom is 0.255 e. The molecule has 2 heterocycles. The molecule has 2 aliphatic rings. The number of nitrogens with one attached hydrogen (secondary N) is 1. The first kappa shape index (κ1) is 19.0. The molecule has 29 heavy (non-hydrogen) atoms. The van der Waals surface area contributed by atoms with Crippen LogP contribution in [0.3, 0.4) is 0 Å². The van der Waals surface area contributed by atoms with Crippen molar-refractivity contribution < 1.29 is 19.1 Å². The molecule has 0 bridgehead atoms. The molecule has 0 radical (unpaired) electrons. The molecule has 0 saturated carbocycles. The summed E-state index contributed by atoms with van der Waals surface area (Å²) in [6, 6.07) is 4.90. The molecular weight excluding hydrogens is 374 g/mol. The van der Waals surface area contributed by atoms with Crippen LogP contribution in [-0.2, 0) is 9.59 Å². The number of ether oxygens (including phenoxy) is 2. The fourth-order valence-electron chi connectivity index (χ4n) is 3.98. The molecule has 1 aromatic carbocycles. The van der Waals surface area contributed by atoms with Crippen molar-refractivity contribution in [2.24, 2.45) is 11.1 Å². The van der Waals surface area contributed by atoms with Crippen LogP contribution in [0.1, 0.15) is 38.3 Å². The first-order chi connectivity index (χ1) is 13.8. The number of rotatable bonds is 5. The fraction of sp³-hybridized carbons (Fsp3) is 0.400. The summed E-state index contributed by atoms with van der Waals surface area (Å²) in [5.74, 6) is 0.935. The maximum atomic E-state index is 13.1. The van der Waals surface area contributed by atoms with Gasteiger partial charge in [-0.25, -0.2) is 4.68 Å². The number of primary amides is 1. The van der Waals surface area contributed by atoms with Crippen LogP contribution in [0.4, 0.5) is 5.95 Å². The molecule has 0 fully saturated rings. The van der Waals surface area contributed by atoms with E-state index in [2.05, 4.69) is 29.2 Å². The van der Waals surface area contributed by atoms with Crippen molar-refractivity contribution in [3.63, 3.8) is 0 Å². The van der Waals surface area contributed by atoms with E-state index in [4.69, 9.17) is 15.2 Å². The van der Waals surface area contributed by atoms with Gasteiger partial charge in [-0.2, -0.15) is 10.1 Å². The Morgan fingerprint density at radius 2 is 2.14 bits per heavy atom. The van der Waals surface area contributed by atoms with E-state index in [9.17, 15) is 9.59 Å². The van der Waals surface area contributed by atoms with Gasteiger partial charge in [-0.15, -0.1) is 0 Å². The highest BCUT2D eigenvalue weighted by Crippen LogP contribution is 2.46. The molecule has 1 unspecified atom stereocenters. The van der Waals surface area contributed by atoms with Crippen molar-refractivity contribution in [2.75, 3.05) is 19.0 Å². The molecule has 1 atom stereocenters. The Labute approximate surface area is 167 Å². The predicted octanol–water partition coefficient (Wildman–Crippen LogP) is 1.81. The molecule has 9 heteroatoms. The monoisotopic (exact) mass is 397 g/mol. The normalized spacial score (nSPS) is 19.8.